The van der Waals surface area contributed by atoms with Crippen molar-refractivity contribution in [2.45, 2.75) is 154 Å². The molecule has 2 N–H and O–H groups in total. The van der Waals surface area contributed by atoms with E-state index in [4.69, 9.17) is 14.2 Å². The standard InChI is InChI=1S/C36H56N6O11/c1-21(43)41-31(5,6)17-35(18-32(41,7)8)27(47)39(29(49)37-35)13-25(52-23(3)45)15-51-16-26(53-24(4)46)14-40-28(48)36(38-30(40)50)19-33(9,10)42(22(2)44)34(11,12)20-36/h25-26H,13-20H2,1-12H3,(H,37,49)(H,38,50). The molecule has 2 unspecified atom stereocenters. The molecule has 8 amide bonds. The number of carbonyl (C=O) groups is 8. The predicted octanol–water partition coefficient (Wildman–Crippen LogP) is 1.85. The highest BCUT2D eigenvalue weighted by Gasteiger charge is 2.63. The van der Waals surface area contributed by atoms with Gasteiger partial charge in [-0.05, 0) is 55.4 Å². The number of piperidine rings is 2. The number of esters is 2. The van der Waals surface area contributed by atoms with E-state index in [9.17, 15) is 38.4 Å². The van der Waals surface area contributed by atoms with Gasteiger partial charge in [-0.15, -0.1) is 0 Å². The van der Waals surface area contributed by atoms with Gasteiger partial charge in [-0.2, -0.15) is 0 Å². The smallest absolute Gasteiger partial charge is 0.325 e. The molecule has 53 heavy (non-hydrogen) atoms. The molecule has 17 nitrogen and oxygen atoms in total. The number of nitrogens with zero attached hydrogens (tertiary/aromatic N) is 4. The Morgan fingerprint density at radius 2 is 0.849 bits per heavy atom. The lowest BCUT2D eigenvalue weighted by Crippen LogP contribution is -2.70. The van der Waals surface area contributed by atoms with Gasteiger partial charge in [0.25, 0.3) is 11.8 Å². The summed E-state index contributed by atoms with van der Waals surface area (Å²) >= 11 is 0. The van der Waals surface area contributed by atoms with E-state index in [1.165, 1.54) is 27.7 Å². The summed E-state index contributed by atoms with van der Waals surface area (Å²) in [5, 5.41) is 5.70. The van der Waals surface area contributed by atoms with Gasteiger partial charge in [-0.1, -0.05) is 0 Å². The minimum Gasteiger partial charge on any atom is -0.458 e. The Hall–Kier alpha value is -4.28. The number of imide groups is 2. The van der Waals surface area contributed by atoms with Crippen LogP contribution in [0.1, 0.15) is 109 Å². The molecular weight excluding hydrogens is 692 g/mol. The first kappa shape index (κ1) is 41.5. The second kappa shape index (κ2) is 13.9. The molecule has 4 aliphatic heterocycles. The van der Waals surface area contributed by atoms with Crippen molar-refractivity contribution in [2.24, 2.45) is 0 Å². The van der Waals surface area contributed by atoms with Crippen LogP contribution < -0.4 is 10.6 Å². The maximum absolute atomic E-state index is 14.0. The van der Waals surface area contributed by atoms with E-state index >= 15 is 0 Å². The highest BCUT2D eigenvalue weighted by molar-refractivity contribution is 6.08. The maximum Gasteiger partial charge on any atom is 0.325 e. The number of amides is 8. The van der Waals surface area contributed by atoms with Crippen molar-refractivity contribution in [1.29, 1.82) is 0 Å². The quantitative estimate of drug-likeness (QED) is 0.244. The van der Waals surface area contributed by atoms with Crippen LogP contribution >= 0.6 is 0 Å². The summed E-state index contributed by atoms with van der Waals surface area (Å²) < 4.78 is 16.7. The Morgan fingerprint density at radius 1 is 0.566 bits per heavy atom. The molecule has 0 aromatic carbocycles. The molecule has 2 spiro atoms. The van der Waals surface area contributed by atoms with Crippen LogP contribution in [-0.4, -0.2) is 139 Å². The molecule has 17 heteroatoms. The van der Waals surface area contributed by atoms with E-state index in [0.29, 0.717) is 0 Å². The minimum absolute atomic E-state index is 0.153. The number of likely N-dealkylation sites (tertiary alicyclic amines) is 2. The van der Waals surface area contributed by atoms with E-state index in [-0.39, 0.29) is 63.8 Å². The highest BCUT2D eigenvalue weighted by Crippen LogP contribution is 2.47. The van der Waals surface area contributed by atoms with Crippen LogP contribution in [0.15, 0.2) is 0 Å². The number of nitrogens with one attached hydrogen (secondary N) is 2. The Bertz CT molecular complexity index is 1440. The minimum atomic E-state index is -1.30. The molecule has 0 saturated carbocycles. The van der Waals surface area contributed by atoms with Crippen LogP contribution in [-0.2, 0) is 43.0 Å². The molecule has 2 atom stereocenters. The molecule has 4 heterocycles. The monoisotopic (exact) mass is 748 g/mol. The zero-order valence-electron chi connectivity index (χ0n) is 33.1. The zero-order chi connectivity index (χ0) is 40.3. The van der Waals surface area contributed by atoms with Crippen molar-refractivity contribution in [3.63, 3.8) is 0 Å². The fourth-order valence-corrected chi connectivity index (χ4v) is 10.4. The Balaban J connectivity index is 1.46. The molecule has 0 radical (unpaired) electrons. The molecule has 4 fully saturated rings. The average Bonchev–Trinajstić information content (AvgIpc) is 3.26. The summed E-state index contributed by atoms with van der Waals surface area (Å²) in [5.41, 5.74) is -5.70. The Morgan fingerprint density at radius 3 is 1.09 bits per heavy atom. The van der Waals surface area contributed by atoms with Crippen LogP contribution in [0.3, 0.4) is 0 Å². The predicted molar refractivity (Wildman–Crippen MR) is 188 cm³/mol. The van der Waals surface area contributed by atoms with Gasteiger partial charge in [0.2, 0.25) is 11.8 Å². The van der Waals surface area contributed by atoms with Crippen molar-refractivity contribution in [3.05, 3.63) is 0 Å². The first-order valence-corrected chi connectivity index (χ1v) is 17.9. The number of hydrogen-bond donors (Lipinski definition) is 2. The summed E-state index contributed by atoms with van der Waals surface area (Å²) in [5.74, 6) is -2.73. The number of rotatable bonds is 10. The average molecular weight is 749 g/mol. The fourth-order valence-electron chi connectivity index (χ4n) is 10.4. The lowest BCUT2D eigenvalue weighted by molar-refractivity contribution is -0.159. The van der Waals surface area contributed by atoms with Crippen LogP contribution in [0.4, 0.5) is 9.59 Å². The number of hydrogen-bond acceptors (Lipinski definition) is 11. The number of ether oxygens (including phenoxy) is 3. The first-order valence-electron chi connectivity index (χ1n) is 17.9. The fraction of sp³-hybridized carbons (Fsp3) is 0.778. The van der Waals surface area contributed by atoms with Crippen molar-refractivity contribution in [3.8, 4) is 0 Å². The summed E-state index contributed by atoms with van der Waals surface area (Å²) in [4.78, 5) is 109. The van der Waals surface area contributed by atoms with E-state index in [1.54, 1.807) is 9.80 Å². The maximum atomic E-state index is 14.0. The highest BCUT2D eigenvalue weighted by atomic mass is 16.6. The van der Waals surface area contributed by atoms with E-state index < -0.39 is 81.3 Å². The van der Waals surface area contributed by atoms with Crippen molar-refractivity contribution >= 4 is 47.6 Å². The third-order valence-electron chi connectivity index (χ3n) is 10.5. The van der Waals surface area contributed by atoms with Gasteiger partial charge in [-0.3, -0.25) is 38.6 Å². The van der Waals surface area contributed by atoms with Crippen molar-refractivity contribution in [1.82, 2.24) is 30.2 Å². The molecule has 0 bridgehead atoms. The molecule has 296 valence electrons. The molecular formula is C36H56N6O11. The van der Waals surface area contributed by atoms with Crippen molar-refractivity contribution in [2.75, 3.05) is 26.3 Å². The van der Waals surface area contributed by atoms with E-state index in [1.807, 2.05) is 55.4 Å². The summed E-state index contributed by atoms with van der Waals surface area (Å²) in [6.45, 7) is 18.6. The zero-order valence-corrected chi connectivity index (χ0v) is 33.1. The molecule has 4 saturated heterocycles. The summed E-state index contributed by atoms with van der Waals surface area (Å²) in [6.07, 6.45) is -1.59. The molecule has 0 aromatic heterocycles. The van der Waals surface area contributed by atoms with E-state index in [0.717, 1.165) is 9.80 Å². The number of urea groups is 2. The Kier molecular flexibility index (Phi) is 10.8. The topological polar surface area (TPSA) is 201 Å². The summed E-state index contributed by atoms with van der Waals surface area (Å²) in [7, 11) is 0. The molecule has 0 aromatic rings. The van der Waals surface area contributed by atoms with Crippen LogP contribution in [0.2, 0.25) is 0 Å². The molecule has 4 rings (SSSR count). The second-order valence-corrected chi connectivity index (χ2v) is 17.5. The molecule has 0 aliphatic carbocycles. The lowest BCUT2D eigenvalue weighted by atomic mass is 9.69. The second-order valence-electron chi connectivity index (χ2n) is 17.5. The van der Waals surface area contributed by atoms with Crippen LogP contribution in [0.5, 0.6) is 0 Å². The van der Waals surface area contributed by atoms with Crippen molar-refractivity contribution < 1.29 is 52.6 Å². The molecule has 4 aliphatic rings. The third kappa shape index (κ3) is 7.99. The Labute approximate surface area is 310 Å². The normalized spacial score (nSPS) is 24.5. The van der Waals surface area contributed by atoms with Crippen LogP contribution in [0, 0.1) is 0 Å². The largest absolute Gasteiger partial charge is 0.458 e. The van der Waals surface area contributed by atoms with Gasteiger partial charge >= 0.3 is 24.0 Å². The van der Waals surface area contributed by atoms with Crippen LogP contribution in [0.25, 0.3) is 0 Å². The SMILES string of the molecule is CC(=O)OC(COCC(CN1C(=O)NC2(CC(C)(C)N(C(C)=O)C(C)(C)C2)C1=O)OC(C)=O)CN1C(=O)NC2(CC(C)(C)N(C(C)=O)C(C)(C)C2)C1=O. The van der Waals surface area contributed by atoms with Gasteiger partial charge in [0.15, 0.2) is 0 Å². The van der Waals surface area contributed by atoms with E-state index in [2.05, 4.69) is 10.6 Å². The van der Waals surface area contributed by atoms with Gasteiger partial charge in [0.05, 0.1) is 26.3 Å². The number of carbonyl (C=O) groups excluding carboxylic acids is 8. The summed E-state index contributed by atoms with van der Waals surface area (Å²) in [6, 6.07) is -1.36. The van der Waals surface area contributed by atoms with Gasteiger partial charge in [-0.25, -0.2) is 9.59 Å². The lowest BCUT2D eigenvalue weighted by Gasteiger charge is -2.57. The van der Waals surface area contributed by atoms with Gasteiger partial charge in [0.1, 0.15) is 23.3 Å². The third-order valence-corrected chi connectivity index (χ3v) is 10.5. The van der Waals surface area contributed by atoms with Gasteiger partial charge in [0, 0.05) is 75.5 Å². The first-order chi connectivity index (χ1) is 24.1. The van der Waals surface area contributed by atoms with Gasteiger partial charge < -0.3 is 34.6 Å².